The number of rotatable bonds is 0. The minimum absolute atomic E-state index is 0. The van der Waals surface area contributed by atoms with Gasteiger partial charge in [-0.3, -0.25) is 0 Å². The number of hydrogen-bond donors (Lipinski definition) is 0. The van der Waals surface area contributed by atoms with Gasteiger partial charge in [-0.2, -0.15) is 0 Å². The van der Waals surface area contributed by atoms with Crippen LogP contribution < -0.4 is 0 Å². The molecule has 0 aromatic heterocycles. The summed E-state index contributed by atoms with van der Waals surface area (Å²) in [7, 11) is 0. The van der Waals surface area contributed by atoms with Crippen LogP contribution in [0.4, 0.5) is 0 Å². The zero-order valence-corrected chi connectivity index (χ0v) is 15.0. The molecule has 4 bridgehead atoms. The summed E-state index contributed by atoms with van der Waals surface area (Å²) >= 11 is 0. The Morgan fingerprint density at radius 1 is 0.571 bits per heavy atom. The van der Waals surface area contributed by atoms with E-state index in [2.05, 4.69) is 0 Å². The van der Waals surface area contributed by atoms with Gasteiger partial charge in [0.05, 0.1) is 0 Å². The summed E-state index contributed by atoms with van der Waals surface area (Å²) in [5.74, 6) is 10.8. The van der Waals surface area contributed by atoms with Gasteiger partial charge in [-0.25, -0.2) is 0 Å². The Hall–Kier alpha value is 0.623. The van der Waals surface area contributed by atoms with E-state index >= 15 is 0 Å². The summed E-state index contributed by atoms with van der Waals surface area (Å²) in [6.45, 7) is 0. The van der Waals surface area contributed by atoms with E-state index in [1.807, 2.05) is 11.8 Å². The van der Waals surface area contributed by atoms with Crippen LogP contribution in [0.2, 0.25) is 0 Å². The van der Waals surface area contributed by atoms with Crippen molar-refractivity contribution in [3.05, 3.63) is 11.8 Å². The van der Waals surface area contributed by atoms with Gasteiger partial charge >= 0.3 is 0 Å². The first-order chi connectivity index (χ1) is 9.90. The van der Waals surface area contributed by atoms with Crippen molar-refractivity contribution >= 4 is 0 Å². The van der Waals surface area contributed by atoms with Crippen LogP contribution in [-0.2, 0) is 19.5 Å². The molecule has 118 valence electrons. The fourth-order valence-corrected chi connectivity index (χ4v) is 7.36. The Balaban J connectivity index is 0.000000105. The Morgan fingerprint density at radius 3 is 1.71 bits per heavy atom. The molecule has 0 aliphatic heterocycles. The Kier molecular flexibility index (Phi) is 4.28. The van der Waals surface area contributed by atoms with Crippen LogP contribution in [0.1, 0.15) is 77.0 Å². The normalized spacial score (nSPS) is 49.7. The van der Waals surface area contributed by atoms with Crippen molar-refractivity contribution in [2.24, 2.45) is 35.5 Å². The molecular formula is C20H30Ru. The average Bonchev–Trinajstić information content (AvgIpc) is 3.28. The molecule has 0 saturated heterocycles. The fraction of sp³-hybridized carbons (Fsp3) is 0.900. The molecule has 0 spiro atoms. The van der Waals surface area contributed by atoms with Gasteiger partial charge in [-0.1, -0.05) is 12.8 Å². The zero-order chi connectivity index (χ0) is 13.1. The topological polar surface area (TPSA) is 0 Å². The van der Waals surface area contributed by atoms with Gasteiger partial charge in [-0.15, -0.1) is 0 Å². The summed E-state index contributed by atoms with van der Waals surface area (Å²) < 4.78 is 0. The molecule has 6 rings (SSSR count). The molecule has 0 aromatic rings. The van der Waals surface area contributed by atoms with Gasteiger partial charge in [0.1, 0.15) is 0 Å². The maximum absolute atomic E-state index is 1.91. The molecule has 6 atom stereocenters. The van der Waals surface area contributed by atoms with Crippen LogP contribution in [0.3, 0.4) is 0 Å². The summed E-state index contributed by atoms with van der Waals surface area (Å²) in [6.07, 6.45) is 18.6. The van der Waals surface area contributed by atoms with E-state index in [4.69, 9.17) is 0 Å². The first-order valence-corrected chi connectivity index (χ1v) is 9.62. The number of hydrogen-bond acceptors (Lipinski definition) is 0. The third-order valence-corrected chi connectivity index (χ3v) is 8.07. The molecule has 0 N–H and O–H groups in total. The van der Waals surface area contributed by atoms with E-state index in [0.29, 0.717) is 0 Å². The third-order valence-electron chi connectivity index (χ3n) is 8.07. The third kappa shape index (κ3) is 2.40. The first-order valence-electron chi connectivity index (χ1n) is 9.62. The first kappa shape index (κ1) is 15.2. The summed E-state index contributed by atoms with van der Waals surface area (Å²) in [5.41, 5.74) is 0. The molecule has 6 fully saturated rings. The van der Waals surface area contributed by atoms with Crippen molar-refractivity contribution < 1.29 is 19.5 Å². The molecule has 1 heteroatoms. The minimum Gasteiger partial charge on any atom is -0.0527 e. The molecule has 21 heavy (non-hydrogen) atoms. The molecule has 6 unspecified atom stereocenters. The Bertz CT molecular complexity index is 310. The van der Waals surface area contributed by atoms with E-state index < -0.39 is 0 Å². The predicted octanol–water partition coefficient (Wildman–Crippen LogP) is 5.58. The molecule has 0 aromatic carbocycles. The van der Waals surface area contributed by atoms with Crippen molar-refractivity contribution in [2.45, 2.75) is 77.0 Å². The van der Waals surface area contributed by atoms with Crippen LogP contribution in [0.25, 0.3) is 0 Å². The zero-order valence-electron chi connectivity index (χ0n) is 13.3. The molecule has 6 aliphatic rings. The van der Waals surface area contributed by atoms with Gasteiger partial charge in [-0.05, 0) is 112 Å². The molecule has 6 aliphatic carbocycles. The van der Waals surface area contributed by atoms with Gasteiger partial charge in [0.15, 0.2) is 0 Å². The standard InChI is InChI=1S/C10H16.C10H14.Ru/c2*1-2-9-7-4-5-8(6-7)10(9)3-1;/h7-10H,1-6H2;7-8H,1-6H2;. The number of fused-ring (bicyclic) bond motifs is 10. The van der Waals surface area contributed by atoms with Crippen molar-refractivity contribution in [2.75, 3.05) is 0 Å². The predicted molar refractivity (Wildman–Crippen MR) is 82.8 cm³/mol. The van der Waals surface area contributed by atoms with Crippen LogP contribution in [0.5, 0.6) is 0 Å². The fourth-order valence-electron chi connectivity index (χ4n) is 7.36. The van der Waals surface area contributed by atoms with E-state index in [9.17, 15) is 0 Å². The van der Waals surface area contributed by atoms with E-state index in [1.165, 1.54) is 55.8 Å². The second-order valence-corrected chi connectivity index (χ2v) is 8.70. The quantitative estimate of drug-likeness (QED) is 0.488. The van der Waals surface area contributed by atoms with Crippen molar-refractivity contribution in [3.8, 4) is 0 Å². The SMILES string of the molecule is C1CC2C3CCC(C3)C2C1.C1C[C]2[C](C1)C1CCC2C1.[Ru]. The molecule has 0 amide bonds. The second-order valence-electron chi connectivity index (χ2n) is 8.70. The maximum atomic E-state index is 1.91. The molecule has 2 radical (unpaired) electrons. The molecule has 0 nitrogen and oxygen atoms in total. The summed E-state index contributed by atoms with van der Waals surface area (Å²) in [5, 5.41) is 0. The van der Waals surface area contributed by atoms with Crippen LogP contribution in [-0.4, -0.2) is 0 Å². The van der Waals surface area contributed by atoms with Crippen LogP contribution in [0, 0.1) is 47.3 Å². The smallest absolute Gasteiger partial charge is 0 e. The van der Waals surface area contributed by atoms with Crippen LogP contribution in [0.15, 0.2) is 0 Å². The summed E-state index contributed by atoms with van der Waals surface area (Å²) in [6, 6.07) is 0. The Labute approximate surface area is 144 Å². The minimum atomic E-state index is 0. The van der Waals surface area contributed by atoms with E-state index in [0.717, 1.165) is 11.8 Å². The largest absolute Gasteiger partial charge is 0.0527 e. The second kappa shape index (κ2) is 5.92. The monoisotopic (exact) mass is 372 g/mol. The van der Waals surface area contributed by atoms with E-state index in [1.54, 1.807) is 44.9 Å². The van der Waals surface area contributed by atoms with Gasteiger partial charge in [0, 0.05) is 19.5 Å². The van der Waals surface area contributed by atoms with Gasteiger partial charge < -0.3 is 0 Å². The van der Waals surface area contributed by atoms with Gasteiger partial charge in [0.2, 0.25) is 0 Å². The van der Waals surface area contributed by atoms with Gasteiger partial charge in [0.25, 0.3) is 0 Å². The maximum Gasteiger partial charge on any atom is 0 e. The average molecular weight is 372 g/mol. The molecule has 6 saturated carbocycles. The van der Waals surface area contributed by atoms with E-state index in [-0.39, 0.29) is 19.5 Å². The Morgan fingerprint density at radius 2 is 1.14 bits per heavy atom. The van der Waals surface area contributed by atoms with Crippen LogP contribution >= 0.6 is 0 Å². The summed E-state index contributed by atoms with van der Waals surface area (Å²) in [4.78, 5) is 0. The van der Waals surface area contributed by atoms with Crippen molar-refractivity contribution in [1.29, 1.82) is 0 Å². The van der Waals surface area contributed by atoms with Crippen molar-refractivity contribution in [3.63, 3.8) is 0 Å². The molecule has 0 heterocycles. The van der Waals surface area contributed by atoms with Crippen molar-refractivity contribution in [1.82, 2.24) is 0 Å². The molecular weight excluding hydrogens is 341 g/mol.